The molecule has 1 atom stereocenters. The van der Waals surface area contributed by atoms with Gasteiger partial charge in [0.2, 0.25) is 0 Å². The average Bonchev–Trinajstić information content (AvgIpc) is 2.64. The maximum absolute atomic E-state index is 12.7. The molecule has 1 aromatic heterocycles. The van der Waals surface area contributed by atoms with E-state index in [4.69, 9.17) is 9.84 Å². The van der Waals surface area contributed by atoms with Crippen LogP contribution in [0.2, 0.25) is 0 Å². The molecule has 0 fully saturated rings. The Balaban J connectivity index is 1.93. The molecule has 0 saturated heterocycles. The number of hydrogen-bond acceptors (Lipinski definition) is 5. The molecule has 1 heterocycles. The topological polar surface area (TPSA) is 93.8 Å². The quantitative estimate of drug-likeness (QED) is 0.526. The van der Waals surface area contributed by atoms with Gasteiger partial charge in [-0.3, -0.25) is 4.79 Å². The zero-order valence-electron chi connectivity index (χ0n) is 14.9. The number of carboxylic acids is 1. The number of halogens is 2. The van der Waals surface area contributed by atoms with Crippen molar-refractivity contribution in [2.24, 2.45) is 5.10 Å². The second kappa shape index (κ2) is 8.24. The van der Waals surface area contributed by atoms with Crippen LogP contribution in [0.15, 0.2) is 55.2 Å². The van der Waals surface area contributed by atoms with Crippen LogP contribution in [0.25, 0.3) is 10.9 Å². The molecule has 0 spiro atoms. The molecule has 3 aromatic rings. The van der Waals surface area contributed by atoms with Gasteiger partial charge in [-0.1, -0.05) is 15.9 Å². The molecule has 28 heavy (non-hydrogen) atoms. The fourth-order valence-corrected chi connectivity index (χ4v) is 3.31. The van der Waals surface area contributed by atoms with Gasteiger partial charge in [-0.05, 0) is 71.7 Å². The molecule has 1 N–H and O–H groups in total. The lowest BCUT2D eigenvalue weighted by Crippen LogP contribution is -2.23. The zero-order valence-corrected chi connectivity index (χ0v) is 18.1. The normalized spacial score (nSPS) is 12.4. The van der Waals surface area contributed by atoms with Gasteiger partial charge < -0.3 is 9.84 Å². The van der Waals surface area contributed by atoms with Crippen molar-refractivity contribution in [3.63, 3.8) is 0 Å². The molecule has 3 rings (SSSR count). The number of nitrogens with zero attached hydrogens (tertiary/aromatic N) is 3. The first-order chi connectivity index (χ1) is 13.3. The molecule has 0 bridgehead atoms. The first-order valence-electron chi connectivity index (χ1n) is 8.18. The predicted octanol–water partition coefficient (Wildman–Crippen LogP) is 3.96. The maximum Gasteiger partial charge on any atom is 0.344 e. The number of carboxylic acid groups (broad SMARTS) is 1. The summed E-state index contributed by atoms with van der Waals surface area (Å²) in [6.45, 7) is 3.16. The van der Waals surface area contributed by atoms with E-state index in [0.717, 1.165) is 4.47 Å². The van der Waals surface area contributed by atoms with E-state index in [9.17, 15) is 9.59 Å². The number of benzene rings is 2. The monoisotopic (exact) mass is 507 g/mol. The molecule has 0 aliphatic heterocycles. The average molecular weight is 509 g/mol. The largest absolute Gasteiger partial charge is 0.479 e. The van der Waals surface area contributed by atoms with Gasteiger partial charge in [-0.15, -0.1) is 0 Å². The molecule has 0 saturated carbocycles. The van der Waals surface area contributed by atoms with Crippen LogP contribution in [0, 0.1) is 6.92 Å². The van der Waals surface area contributed by atoms with Crippen molar-refractivity contribution in [2.75, 3.05) is 0 Å². The van der Waals surface area contributed by atoms with Gasteiger partial charge in [0.1, 0.15) is 11.6 Å². The smallest absolute Gasteiger partial charge is 0.344 e. The van der Waals surface area contributed by atoms with Crippen LogP contribution in [0.1, 0.15) is 18.3 Å². The van der Waals surface area contributed by atoms with Gasteiger partial charge in [0.15, 0.2) is 6.10 Å². The number of aliphatic carboxylic acids is 1. The van der Waals surface area contributed by atoms with Crippen LogP contribution in [-0.2, 0) is 4.79 Å². The number of ether oxygens (including phenoxy) is 1. The summed E-state index contributed by atoms with van der Waals surface area (Å²) in [4.78, 5) is 28.1. The zero-order chi connectivity index (χ0) is 20.4. The summed E-state index contributed by atoms with van der Waals surface area (Å²) < 4.78 is 7.96. The highest BCUT2D eigenvalue weighted by atomic mass is 79.9. The Morgan fingerprint density at radius 1 is 1.29 bits per heavy atom. The van der Waals surface area contributed by atoms with Crippen LogP contribution in [0.4, 0.5) is 0 Å². The van der Waals surface area contributed by atoms with Crippen molar-refractivity contribution in [2.45, 2.75) is 20.0 Å². The van der Waals surface area contributed by atoms with Gasteiger partial charge in [0, 0.05) is 4.47 Å². The highest BCUT2D eigenvalue weighted by Gasteiger charge is 2.14. The third-order valence-corrected chi connectivity index (χ3v) is 5.01. The van der Waals surface area contributed by atoms with Crippen LogP contribution in [-0.4, -0.2) is 33.1 Å². The Hall–Kier alpha value is -2.52. The fraction of sp³-hybridized carbons (Fsp3) is 0.158. The van der Waals surface area contributed by atoms with E-state index >= 15 is 0 Å². The highest BCUT2D eigenvalue weighted by Crippen LogP contribution is 2.26. The van der Waals surface area contributed by atoms with E-state index in [-0.39, 0.29) is 5.56 Å². The van der Waals surface area contributed by atoms with Gasteiger partial charge in [0.05, 0.1) is 21.6 Å². The number of fused-ring (bicyclic) bond motifs is 1. The van der Waals surface area contributed by atoms with E-state index in [1.807, 2.05) is 6.07 Å². The second-order valence-corrected chi connectivity index (χ2v) is 7.74. The standard InChI is InChI=1S/C19H15Br2N3O4/c1-10(19(26)27)28-17-6-3-12(7-15(17)21)9-22-24-11(2)23-16-5-4-13(20)8-14(16)18(24)25/h3-10H,1-2H3,(H,26,27)/t10-/m0/s1. The van der Waals surface area contributed by atoms with E-state index in [1.165, 1.54) is 17.8 Å². The van der Waals surface area contributed by atoms with E-state index in [0.29, 0.717) is 32.5 Å². The summed E-state index contributed by atoms with van der Waals surface area (Å²) >= 11 is 6.71. The number of aryl methyl sites for hydroxylation is 1. The maximum atomic E-state index is 12.7. The lowest BCUT2D eigenvalue weighted by Gasteiger charge is -2.12. The predicted molar refractivity (Wildman–Crippen MR) is 113 cm³/mol. The molecule has 0 aliphatic carbocycles. The Bertz CT molecular complexity index is 1160. The van der Waals surface area contributed by atoms with Crippen molar-refractivity contribution in [3.05, 3.63) is 67.1 Å². The molecular formula is C19H15Br2N3O4. The Kier molecular flexibility index (Phi) is 5.95. The number of aromatic nitrogens is 2. The minimum Gasteiger partial charge on any atom is -0.479 e. The molecule has 0 aliphatic rings. The molecule has 0 radical (unpaired) electrons. The summed E-state index contributed by atoms with van der Waals surface area (Å²) in [5.74, 6) is -0.189. The molecule has 2 aromatic carbocycles. The lowest BCUT2D eigenvalue weighted by molar-refractivity contribution is -0.144. The Labute approximate surface area is 176 Å². The van der Waals surface area contributed by atoms with E-state index in [1.54, 1.807) is 37.3 Å². The van der Waals surface area contributed by atoms with Gasteiger partial charge in [-0.2, -0.15) is 9.78 Å². The summed E-state index contributed by atoms with van der Waals surface area (Å²) in [7, 11) is 0. The van der Waals surface area contributed by atoms with E-state index in [2.05, 4.69) is 41.9 Å². The number of rotatable bonds is 5. The van der Waals surface area contributed by atoms with Gasteiger partial charge >= 0.3 is 5.97 Å². The number of hydrogen-bond donors (Lipinski definition) is 1. The summed E-state index contributed by atoms with van der Waals surface area (Å²) in [6, 6.07) is 10.4. The minimum absolute atomic E-state index is 0.269. The van der Waals surface area contributed by atoms with Gasteiger partial charge in [0.25, 0.3) is 5.56 Å². The van der Waals surface area contributed by atoms with Crippen molar-refractivity contribution in [1.82, 2.24) is 9.66 Å². The molecule has 0 unspecified atom stereocenters. The van der Waals surface area contributed by atoms with Crippen LogP contribution < -0.4 is 10.3 Å². The highest BCUT2D eigenvalue weighted by molar-refractivity contribution is 9.10. The summed E-state index contributed by atoms with van der Waals surface area (Å²) in [6.07, 6.45) is 0.551. The Morgan fingerprint density at radius 2 is 2.04 bits per heavy atom. The fourth-order valence-electron chi connectivity index (χ4n) is 2.45. The molecular weight excluding hydrogens is 494 g/mol. The second-order valence-electron chi connectivity index (χ2n) is 5.97. The molecule has 144 valence electrons. The third kappa shape index (κ3) is 4.31. The third-order valence-electron chi connectivity index (χ3n) is 3.90. The van der Waals surface area contributed by atoms with Crippen molar-refractivity contribution in [1.29, 1.82) is 0 Å². The SMILES string of the molecule is Cc1nc2ccc(Br)cc2c(=O)n1N=Cc1ccc(O[C@@H](C)C(=O)O)c(Br)c1. The minimum atomic E-state index is -1.05. The first-order valence-corrected chi connectivity index (χ1v) is 9.77. The van der Waals surface area contributed by atoms with Crippen LogP contribution >= 0.6 is 31.9 Å². The Morgan fingerprint density at radius 3 is 2.71 bits per heavy atom. The summed E-state index contributed by atoms with van der Waals surface area (Å²) in [5.41, 5.74) is 1.03. The van der Waals surface area contributed by atoms with Crippen LogP contribution in [0.3, 0.4) is 0 Å². The van der Waals surface area contributed by atoms with Crippen molar-refractivity contribution < 1.29 is 14.6 Å². The van der Waals surface area contributed by atoms with E-state index < -0.39 is 12.1 Å². The molecule has 9 heteroatoms. The van der Waals surface area contributed by atoms with Crippen molar-refractivity contribution in [3.8, 4) is 5.75 Å². The first kappa shape index (κ1) is 20.2. The number of carbonyl (C=O) groups is 1. The molecule has 7 nitrogen and oxygen atoms in total. The van der Waals surface area contributed by atoms with Crippen molar-refractivity contribution >= 4 is 54.9 Å². The molecule has 0 amide bonds. The summed E-state index contributed by atoms with van der Waals surface area (Å²) in [5, 5.41) is 13.7. The van der Waals surface area contributed by atoms with Crippen LogP contribution in [0.5, 0.6) is 5.75 Å². The lowest BCUT2D eigenvalue weighted by atomic mass is 10.2. The van der Waals surface area contributed by atoms with Gasteiger partial charge in [-0.25, -0.2) is 9.78 Å².